The first-order valence-corrected chi connectivity index (χ1v) is 14.8. The van der Waals surface area contributed by atoms with Gasteiger partial charge in [-0.1, -0.05) is 50.2 Å². The molecule has 0 aliphatic carbocycles. The molecule has 8 nitrogen and oxygen atoms in total. The average molecular weight is 606 g/mol. The number of alkyl halides is 3. The highest BCUT2D eigenvalue weighted by Gasteiger charge is 2.35. The van der Waals surface area contributed by atoms with E-state index in [1.165, 1.54) is 42.3 Å². The van der Waals surface area contributed by atoms with E-state index in [1.54, 1.807) is 37.3 Å². The zero-order chi connectivity index (χ0) is 30.9. The Kier molecular flexibility index (Phi) is 11.0. The Hall–Kier alpha value is -4.06. The quantitative estimate of drug-likeness (QED) is 0.288. The molecule has 0 heterocycles. The minimum absolute atomic E-state index is 0.0529. The summed E-state index contributed by atoms with van der Waals surface area (Å²) in [5.41, 5.74) is -0.765. The van der Waals surface area contributed by atoms with E-state index >= 15 is 0 Å². The predicted molar refractivity (Wildman–Crippen MR) is 153 cm³/mol. The van der Waals surface area contributed by atoms with Crippen LogP contribution in [0.4, 0.5) is 18.9 Å². The smallest absolute Gasteiger partial charge is 0.416 e. The van der Waals surface area contributed by atoms with Crippen LogP contribution in [0.3, 0.4) is 0 Å². The molecule has 0 saturated heterocycles. The lowest BCUT2D eigenvalue weighted by molar-refractivity contribution is -0.140. The summed E-state index contributed by atoms with van der Waals surface area (Å²) in [5.74, 6) is -0.604. The highest BCUT2D eigenvalue weighted by atomic mass is 32.2. The van der Waals surface area contributed by atoms with Gasteiger partial charge >= 0.3 is 6.18 Å². The van der Waals surface area contributed by atoms with Crippen LogP contribution in [0.5, 0.6) is 5.75 Å². The molecule has 0 radical (unpaired) electrons. The van der Waals surface area contributed by atoms with Crippen molar-refractivity contribution in [2.75, 3.05) is 24.5 Å². The van der Waals surface area contributed by atoms with Gasteiger partial charge in [-0.05, 0) is 60.9 Å². The summed E-state index contributed by atoms with van der Waals surface area (Å²) in [6.45, 7) is 3.08. The molecule has 0 saturated carbocycles. The standard InChI is InChI=1S/C30H34F3N3O5S/c1-4-18-34-29(38)27(5-2)35(20-22-14-16-25(41-3)17-15-22)28(37)21-36(42(39,40)26-12-7-6-8-13-26)24-11-9-10-23(19-24)30(31,32)33/h6-17,19,27H,4-5,18,20-21H2,1-3H3,(H,34,38)/t27-/m1/s1. The van der Waals surface area contributed by atoms with E-state index in [0.29, 0.717) is 34.7 Å². The molecule has 3 aromatic rings. The molecular weight excluding hydrogens is 571 g/mol. The Morgan fingerprint density at radius 3 is 2.19 bits per heavy atom. The number of hydrogen-bond acceptors (Lipinski definition) is 5. The lowest BCUT2D eigenvalue weighted by atomic mass is 10.1. The average Bonchev–Trinajstić information content (AvgIpc) is 2.98. The van der Waals surface area contributed by atoms with Crippen LogP contribution in [0.1, 0.15) is 37.8 Å². The van der Waals surface area contributed by atoms with E-state index in [2.05, 4.69) is 5.32 Å². The monoisotopic (exact) mass is 605 g/mol. The van der Waals surface area contributed by atoms with E-state index in [4.69, 9.17) is 4.74 Å². The number of sulfonamides is 1. The second-order valence-corrected chi connectivity index (χ2v) is 11.3. The van der Waals surface area contributed by atoms with Crippen molar-refractivity contribution in [2.24, 2.45) is 0 Å². The van der Waals surface area contributed by atoms with Crippen molar-refractivity contribution in [3.05, 3.63) is 90.0 Å². The number of methoxy groups -OCH3 is 1. The second-order valence-electron chi connectivity index (χ2n) is 9.46. The number of halogens is 3. The first-order chi connectivity index (χ1) is 19.9. The zero-order valence-corrected chi connectivity index (χ0v) is 24.4. The number of nitrogens with one attached hydrogen (secondary N) is 1. The van der Waals surface area contributed by atoms with Gasteiger partial charge in [0, 0.05) is 13.1 Å². The largest absolute Gasteiger partial charge is 0.497 e. The van der Waals surface area contributed by atoms with Gasteiger partial charge in [0.2, 0.25) is 11.8 Å². The summed E-state index contributed by atoms with van der Waals surface area (Å²) in [6, 6.07) is 16.7. The summed E-state index contributed by atoms with van der Waals surface area (Å²) in [6.07, 6.45) is -3.87. The van der Waals surface area contributed by atoms with Crippen LogP contribution in [0.2, 0.25) is 0 Å². The Labute approximate surface area is 244 Å². The van der Waals surface area contributed by atoms with Crippen molar-refractivity contribution < 1.29 is 35.9 Å². The van der Waals surface area contributed by atoms with Crippen molar-refractivity contribution in [1.29, 1.82) is 0 Å². The van der Waals surface area contributed by atoms with Crippen molar-refractivity contribution in [3.63, 3.8) is 0 Å². The molecule has 3 rings (SSSR count). The Morgan fingerprint density at radius 1 is 0.952 bits per heavy atom. The maximum absolute atomic E-state index is 14.0. The highest BCUT2D eigenvalue weighted by molar-refractivity contribution is 7.92. The van der Waals surface area contributed by atoms with Crippen molar-refractivity contribution in [2.45, 2.75) is 50.3 Å². The van der Waals surface area contributed by atoms with Gasteiger partial charge in [0.25, 0.3) is 10.0 Å². The molecule has 1 N–H and O–H groups in total. The molecule has 0 unspecified atom stereocenters. The summed E-state index contributed by atoms with van der Waals surface area (Å²) in [4.78, 5) is 28.2. The van der Waals surface area contributed by atoms with Crippen LogP contribution in [0.25, 0.3) is 0 Å². The fourth-order valence-electron chi connectivity index (χ4n) is 4.30. The predicted octanol–water partition coefficient (Wildman–Crippen LogP) is 5.24. The number of hydrogen-bond donors (Lipinski definition) is 1. The van der Waals surface area contributed by atoms with Crippen LogP contribution in [0, 0.1) is 0 Å². The summed E-state index contributed by atoms with van der Waals surface area (Å²) in [5, 5.41) is 2.78. The van der Waals surface area contributed by atoms with Crippen LogP contribution in [0.15, 0.2) is 83.8 Å². The molecule has 42 heavy (non-hydrogen) atoms. The molecule has 12 heteroatoms. The topological polar surface area (TPSA) is 96.0 Å². The number of rotatable bonds is 13. The molecule has 1 atom stereocenters. The van der Waals surface area contributed by atoms with Crippen LogP contribution < -0.4 is 14.4 Å². The molecule has 0 aromatic heterocycles. The van der Waals surface area contributed by atoms with Crippen molar-refractivity contribution in [3.8, 4) is 5.75 Å². The number of carbonyl (C=O) groups is 2. The number of benzene rings is 3. The maximum Gasteiger partial charge on any atom is 0.416 e. The molecular formula is C30H34F3N3O5S. The van der Waals surface area contributed by atoms with Crippen molar-refractivity contribution >= 4 is 27.5 Å². The third-order valence-electron chi connectivity index (χ3n) is 6.52. The number of nitrogens with zero attached hydrogens (tertiary/aromatic N) is 2. The highest BCUT2D eigenvalue weighted by Crippen LogP contribution is 2.33. The summed E-state index contributed by atoms with van der Waals surface area (Å²) < 4.78 is 74.1. The third-order valence-corrected chi connectivity index (χ3v) is 8.31. The molecule has 0 aliphatic heterocycles. The number of carbonyl (C=O) groups excluding carboxylic acids is 2. The summed E-state index contributed by atoms with van der Waals surface area (Å²) >= 11 is 0. The maximum atomic E-state index is 14.0. The van der Waals surface area contributed by atoms with E-state index in [-0.39, 0.29) is 23.5 Å². The minimum Gasteiger partial charge on any atom is -0.497 e. The first kappa shape index (κ1) is 32.5. The Bertz CT molecular complexity index is 1450. The van der Waals surface area contributed by atoms with Gasteiger partial charge in [0.1, 0.15) is 18.3 Å². The van der Waals surface area contributed by atoms with Crippen molar-refractivity contribution in [1.82, 2.24) is 10.2 Å². The van der Waals surface area contributed by atoms with E-state index in [1.807, 2.05) is 6.92 Å². The van der Waals surface area contributed by atoms with E-state index in [9.17, 15) is 31.2 Å². The molecule has 2 amide bonds. The number of anilines is 1. The zero-order valence-electron chi connectivity index (χ0n) is 23.6. The molecule has 3 aromatic carbocycles. The number of amides is 2. The fourth-order valence-corrected chi connectivity index (χ4v) is 5.73. The SMILES string of the molecule is CCCNC(=O)[C@@H](CC)N(Cc1ccc(OC)cc1)C(=O)CN(c1cccc(C(F)(F)F)c1)S(=O)(=O)c1ccccc1. The fraction of sp³-hybridized carbons (Fsp3) is 0.333. The van der Waals surface area contributed by atoms with Gasteiger partial charge in [-0.2, -0.15) is 13.2 Å². The van der Waals surface area contributed by atoms with Gasteiger partial charge in [0.05, 0.1) is 23.3 Å². The molecule has 0 aliphatic rings. The number of ether oxygens (including phenoxy) is 1. The van der Waals surface area contributed by atoms with E-state index < -0.39 is 46.2 Å². The Morgan fingerprint density at radius 2 is 1.62 bits per heavy atom. The molecule has 0 bridgehead atoms. The third kappa shape index (κ3) is 8.03. The lowest BCUT2D eigenvalue weighted by Gasteiger charge is -2.33. The van der Waals surface area contributed by atoms with Crippen LogP contribution >= 0.6 is 0 Å². The normalized spacial score (nSPS) is 12.3. The van der Waals surface area contributed by atoms with Crippen LogP contribution in [-0.2, 0) is 32.3 Å². The van der Waals surface area contributed by atoms with Gasteiger partial charge in [-0.25, -0.2) is 8.42 Å². The minimum atomic E-state index is -4.74. The van der Waals surface area contributed by atoms with Gasteiger partial charge in [0.15, 0.2) is 0 Å². The lowest BCUT2D eigenvalue weighted by Crippen LogP contribution is -2.52. The van der Waals surface area contributed by atoms with Crippen LogP contribution in [-0.4, -0.2) is 51.4 Å². The molecule has 0 spiro atoms. The van der Waals surface area contributed by atoms with Gasteiger partial charge in [-0.15, -0.1) is 0 Å². The Balaban J connectivity index is 2.09. The van der Waals surface area contributed by atoms with Gasteiger partial charge in [-0.3, -0.25) is 13.9 Å². The van der Waals surface area contributed by atoms with Gasteiger partial charge < -0.3 is 15.0 Å². The second kappa shape index (κ2) is 14.2. The first-order valence-electron chi connectivity index (χ1n) is 13.4. The molecule has 0 fully saturated rings. The summed E-state index contributed by atoms with van der Waals surface area (Å²) in [7, 11) is -2.99. The molecule has 226 valence electrons. The van der Waals surface area contributed by atoms with E-state index in [0.717, 1.165) is 12.1 Å².